The van der Waals surface area contributed by atoms with E-state index in [1.807, 2.05) is 59.0 Å². The predicted molar refractivity (Wildman–Crippen MR) is 106 cm³/mol. The van der Waals surface area contributed by atoms with E-state index in [0.717, 1.165) is 27.3 Å². The zero-order valence-electron chi connectivity index (χ0n) is 14.7. The van der Waals surface area contributed by atoms with Crippen molar-refractivity contribution in [3.63, 3.8) is 0 Å². The van der Waals surface area contributed by atoms with E-state index in [1.54, 1.807) is 0 Å². The van der Waals surface area contributed by atoms with Gasteiger partial charge in [0.1, 0.15) is 0 Å². The Morgan fingerprint density at radius 3 is 2.54 bits per heavy atom. The molecule has 0 aliphatic rings. The summed E-state index contributed by atoms with van der Waals surface area (Å²) in [5.74, 6) is 0.900. The number of ketones is 1. The van der Waals surface area contributed by atoms with E-state index < -0.39 is 0 Å². The first-order valence-corrected chi connectivity index (χ1v) is 9.61. The minimum absolute atomic E-state index is 0.0993. The number of benzene rings is 2. The average molecular weight is 361 g/mol. The summed E-state index contributed by atoms with van der Waals surface area (Å²) in [6.45, 7) is 4.29. The molecule has 0 aliphatic carbocycles. The van der Waals surface area contributed by atoms with Gasteiger partial charge in [0.15, 0.2) is 16.6 Å². The molecule has 0 spiro atoms. The summed E-state index contributed by atoms with van der Waals surface area (Å²) < 4.78 is 2.01. The number of pyridine rings is 1. The highest BCUT2D eigenvalue weighted by Crippen LogP contribution is 2.24. The van der Waals surface area contributed by atoms with Crippen LogP contribution in [0.3, 0.4) is 0 Å². The zero-order valence-corrected chi connectivity index (χ0v) is 15.5. The van der Waals surface area contributed by atoms with Crippen LogP contribution in [0.1, 0.15) is 35.7 Å². The highest BCUT2D eigenvalue weighted by molar-refractivity contribution is 7.99. The summed E-state index contributed by atoms with van der Waals surface area (Å²) in [5.41, 5.74) is 3.82. The van der Waals surface area contributed by atoms with Crippen LogP contribution in [-0.4, -0.2) is 26.1 Å². The fraction of sp³-hybridized carbons (Fsp3) is 0.190. The van der Waals surface area contributed by atoms with Gasteiger partial charge in [0.05, 0.1) is 11.3 Å². The number of hydrogen-bond acceptors (Lipinski definition) is 4. The number of thioether (sulfide) groups is 1. The summed E-state index contributed by atoms with van der Waals surface area (Å²) in [4.78, 5) is 12.5. The van der Waals surface area contributed by atoms with E-state index in [2.05, 4.69) is 30.1 Å². The molecular formula is C21H19N3OS. The molecule has 2 aromatic carbocycles. The summed E-state index contributed by atoms with van der Waals surface area (Å²) >= 11 is 1.42. The van der Waals surface area contributed by atoms with E-state index in [-0.39, 0.29) is 5.78 Å². The molecule has 2 aromatic heterocycles. The third-order valence-electron chi connectivity index (χ3n) is 4.48. The molecule has 4 rings (SSSR count). The second-order valence-corrected chi connectivity index (χ2v) is 7.50. The first-order valence-electron chi connectivity index (χ1n) is 8.62. The lowest BCUT2D eigenvalue weighted by Gasteiger charge is -2.07. The Morgan fingerprint density at radius 1 is 1.00 bits per heavy atom. The number of nitrogens with zero attached hydrogens (tertiary/aromatic N) is 3. The van der Waals surface area contributed by atoms with Gasteiger partial charge in [0.25, 0.3) is 0 Å². The number of aromatic nitrogens is 3. The maximum atomic E-state index is 12.5. The maximum absolute atomic E-state index is 12.5. The molecule has 0 unspecified atom stereocenters. The first kappa shape index (κ1) is 16.8. The van der Waals surface area contributed by atoms with Gasteiger partial charge in [-0.3, -0.25) is 9.20 Å². The van der Waals surface area contributed by atoms with E-state index >= 15 is 0 Å². The topological polar surface area (TPSA) is 47.3 Å². The van der Waals surface area contributed by atoms with E-state index in [9.17, 15) is 4.79 Å². The zero-order chi connectivity index (χ0) is 18.1. The van der Waals surface area contributed by atoms with Gasteiger partial charge in [0, 0.05) is 5.56 Å². The molecule has 0 N–H and O–H groups in total. The number of fused-ring (bicyclic) bond motifs is 3. The quantitative estimate of drug-likeness (QED) is 0.371. The molecule has 0 atom stereocenters. The Balaban J connectivity index is 1.58. The van der Waals surface area contributed by atoms with Crippen LogP contribution in [0.25, 0.3) is 16.6 Å². The molecule has 0 amide bonds. The molecular weight excluding hydrogens is 342 g/mol. The van der Waals surface area contributed by atoms with Crippen LogP contribution in [0.4, 0.5) is 0 Å². The Bertz CT molecular complexity index is 1080. The Morgan fingerprint density at radius 2 is 1.77 bits per heavy atom. The molecule has 0 saturated heterocycles. The van der Waals surface area contributed by atoms with Gasteiger partial charge < -0.3 is 0 Å². The van der Waals surface area contributed by atoms with Crippen molar-refractivity contribution in [2.24, 2.45) is 0 Å². The van der Waals surface area contributed by atoms with Crippen molar-refractivity contribution in [3.05, 3.63) is 71.8 Å². The minimum atomic E-state index is 0.0993. The van der Waals surface area contributed by atoms with Gasteiger partial charge in [-0.25, -0.2) is 0 Å². The summed E-state index contributed by atoms with van der Waals surface area (Å²) in [6.07, 6.45) is 0. The molecule has 2 heterocycles. The lowest BCUT2D eigenvalue weighted by Crippen LogP contribution is -2.03. The fourth-order valence-corrected chi connectivity index (χ4v) is 3.82. The molecule has 130 valence electrons. The number of rotatable bonds is 5. The predicted octanol–water partition coefficient (Wildman–Crippen LogP) is 4.98. The van der Waals surface area contributed by atoms with Gasteiger partial charge in [-0.2, -0.15) is 0 Å². The van der Waals surface area contributed by atoms with Crippen LogP contribution < -0.4 is 0 Å². The number of para-hydroxylation sites is 1. The monoisotopic (exact) mass is 361 g/mol. The average Bonchev–Trinajstić information content (AvgIpc) is 3.10. The molecule has 26 heavy (non-hydrogen) atoms. The molecule has 0 bridgehead atoms. The molecule has 0 fully saturated rings. The third kappa shape index (κ3) is 3.10. The number of hydrogen-bond donors (Lipinski definition) is 0. The van der Waals surface area contributed by atoms with Crippen molar-refractivity contribution in [1.29, 1.82) is 0 Å². The lowest BCUT2D eigenvalue weighted by molar-refractivity contribution is 0.102. The van der Waals surface area contributed by atoms with Crippen LogP contribution in [0.15, 0.2) is 65.8 Å². The standard InChI is InChI=1S/C21H19N3OS/c1-14(2)15-7-9-17(10-8-15)19(25)13-26-21-23-22-20-12-11-16-5-3-4-6-18(16)24(20)21/h3-12,14H,13H2,1-2H3. The van der Waals surface area contributed by atoms with Gasteiger partial charge in [-0.15, -0.1) is 10.2 Å². The van der Waals surface area contributed by atoms with E-state index in [0.29, 0.717) is 11.7 Å². The highest BCUT2D eigenvalue weighted by atomic mass is 32.2. The Labute approximate surface area is 156 Å². The smallest absolute Gasteiger partial charge is 0.196 e. The number of carbonyl (C=O) groups is 1. The normalized spacial score (nSPS) is 11.5. The first-order chi connectivity index (χ1) is 12.6. The van der Waals surface area contributed by atoms with Gasteiger partial charge in [-0.1, -0.05) is 68.1 Å². The van der Waals surface area contributed by atoms with Crippen molar-refractivity contribution >= 4 is 34.1 Å². The maximum Gasteiger partial charge on any atom is 0.196 e. The summed E-state index contributed by atoms with van der Waals surface area (Å²) in [5, 5.41) is 10.4. The second kappa shape index (κ2) is 6.92. The number of carbonyl (C=O) groups excluding carboxylic acids is 1. The van der Waals surface area contributed by atoms with Crippen molar-refractivity contribution in [2.45, 2.75) is 24.9 Å². The molecule has 4 aromatic rings. The van der Waals surface area contributed by atoms with Crippen LogP contribution >= 0.6 is 11.8 Å². The lowest BCUT2D eigenvalue weighted by atomic mass is 10.0. The molecule has 0 aliphatic heterocycles. The molecule has 0 radical (unpaired) electrons. The highest BCUT2D eigenvalue weighted by Gasteiger charge is 2.13. The van der Waals surface area contributed by atoms with Crippen LogP contribution in [0.5, 0.6) is 0 Å². The molecule has 4 nitrogen and oxygen atoms in total. The minimum Gasteiger partial charge on any atom is -0.293 e. The largest absolute Gasteiger partial charge is 0.293 e. The number of Topliss-reactive ketones (excluding diaryl/α,β-unsaturated/α-hetero) is 1. The van der Waals surface area contributed by atoms with Crippen LogP contribution in [-0.2, 0) is 0 Å². The Kier molecular flexibility index (Phi) is 4.47. The van der Waals surface area contributed by atoms with Crippen molar-refractivity contribution < 1.29 is 4.79 Å². The SMILES string of the molecule is CC(C)c1ccc(C(=O)CSc2nnc3ccc4ccccc4n23)cc1. The molecule has 5 heteroatoms. The van der Waals surface area contributed by atoms with Crippen molar-refractivity contribution in [1.82, 2.24) is 14.6 Å². The van der Waals surface area contributed by atoms with Gasteiger partial charge >= 0.3 is 0 Å². The summed E-state index contributed by atoms with van der Waals surface area (Å²) in [6, 6.07) is 20.0. The van der Waals surface area contributed by atoms with Crippen LogP contribution in [0, 0.1) is 0 Å². The van der Waals surface area contributed by atoms with Crippen molar-refractivity contribution in [2.75, 3.05) is 5.75 Å². The van der Waals surface area contributed by atoms with Gasteiger partial charge in [-0.05, 0) is 35.1 Å². The van der Waals surface area contributed by atoms with Crippen molar-refractivity contribution in [3.8, 4) is 0 Å². The Hall–Kier alpha value is -2.66. The summed E-state index contributed by atoms with van der Waals surface area (Å²) in [7, 11) is 0. The fourth-order valence-electron chi connectivity index (χ4n) is 2.97. The van der Waals surface area contributed by atoms with Crippen LogP contribution in [0.2, 0.25) is 0 Å². The molecule has 0 saturated carbocycles. The van der Waals surface area contributed by atoms with E-state index in [4.69, 9.17) is 0 Å². The van der Waals surface area contributed by atoms with Gasteiger partial charge in [0.2, 0.25) is 0 Å². The third-order valence-corrected chi connectivity index (χ3v) is 5.41. The van der Waals surface area contributed by atoms with E-state index in [1.165, 1.54) is 17.3 Å². The second-order valence-electron chi connectivity index (χ2n) is 6.56.